The van der Waals surface area contributed by atoms with Crippen LogP contribution in [0.2, 0.25) is 0 Å². The van der Waals surface area contributed by atoms with Gasteiger partial charge in [0.25, 0.3) is 0 Å². The highest BCUT2D eigenvalue weighted by Crippen LogP contribution is 2.30. The van der Waals surface area contributed by atoms with Gasteiger partial charge in [0, 0.05) is 11.8 Å². The number of para-hydroxylation sites is 1. The Labute approximate surface area is 184 Å². The molecule has 0 bridgehead atoms. The smallest absolute Gasteiger partial charge is 0.234 e. The Bertz CT molecular complexity index is 1030. The zero-order valence-corrected chi connectivity index (χ0v) is 18.3. The number of nitrogen functional groups attached to an aromatic ring is 1. The summed E-state index contributed by atoms with van der Waals surface area (Å²) in [5.41, 5.74) is 7.23. The van der Waals surface area contributed by atoms with Crippen LogP contribution in [0.3, 0.4) is 0 Å². The molecular weight excluding hydrogens is 416 g/mol. The predicted octanol–water partition coefficient (Wildman–Crippen LogP) is 3.65. The zero-order chi connectivity index (χ0) is 22.2. The van der Waals surface area contributed by atoms with Crippen LogP contribution in [-0.4, -0.2) is 40.8 Å². The first-order chi connectivity index (χ1) is 15.0. The average molecular weight is 441 g/mol. The molecule has 0 saturated heterocycles. The molecule has 162 valence electrons. The fourth-order valence-corrected chi connectivity index (χ4v) is 3.40. The quantitative estimate of drug-likeness (QED) is 0.457. The Morgan fingerprint density at radius 2 is 1.87 bits per heavy atom. The summed E-state index contributed by atoms with van der Waals surface area (Å²) in [5.74, 6) is 2.13. The van der Waals surface area contributed by atoms with Crippen LogP contribution in [0, 0.1) is 0 Å². The van der Waals surface area contributed by atoms with E-state index in [1.54, 1.807) is 32.4 Å². The van der Waals surface area contributed by atoms with Crippen LogP contribution in [0.25, 0.3) is 0 Å². The van der Waals surface area contributed by atoms with Crippen molar-refractivity contribution in [2.45, 2.75) is 12.2 Å². The minimum atomic E-state index is -0.187. The topological polar surface area (TPSA) is 124 Å². The van der Waals surface area contributed by atoms with Crippen LogP contribution in [-0.2, 0) is 4.79 Å². The molecule has 1 heterocycles. The van der Waals surface area contributed by atoms with Gasteiger partial charge in [0.1, 0.15) is 17.3 Å². The second-order valence-corrected chi connectivity index (χ2v) is 7.76. The number of anilines is 4. The molecule has 0 spiro atoms. The molecule has 1 aromatic heterocycles. The number of carbonyl (C=O) groups is 1. The molecule has 0 aliphatic rings. The summed E-state index contributed by atoms with van der Waals surface area (Å²) in [6.07, 6.45) is 0. The molecule has 1 atom stereocenters. The van der Waals surface area contributed by atoms with E-state index in [9.17, 15) is 4.79 Å². The van der Waals surface area contributed by atoms with Crippen LogP contribution < -0.4 is 25.8 Å². The molecule has 1 amide bonds. The number of thioether (sulfide) groups is 1. The van der Waals surface area contributed by atoms with Crippen molar-refractivity contribution in [3.63, 3.8) is 0 Å². The number of rotatable bonds is 9. The highest BCUT2D eigenvalue weighted by atomic mass is 32.2. The lowest BCUT2D eigenvalue weighted by molar-refractivity contribution is -0.113. The van der Waals surface area contributed by atoms with Gasteiger partial charge in [-0.15, -0.1) is 11.8 Å². The summed E-state index contributed by atoms with van der Waals surface area (Å²) in [5, 5.41) is 5.77. The van der Waals surface area contributed by atoms with Gasteiger partial charge in [-0.1, -0.05) is 18.2 Å². The summed E-state index contributed by atoms with van der Waals surface area (Å²) in [6, 6.07) is 14.7. The fourth-order valence-electron chi connectivity index (χ4n) is 2.67. The molecular formula is C21H24N6O3S. The van der Waals surface area contributed by atoms with Crippen LogP contribution >= 0.6 is 11.8 Å². The van der Waals surface area contributed by atoms with Gasteiger partial charge >= 0.3 is 0 Å². The van der Waals surface area contributed by atoms with Crippen molar-refractivity contribution < 1.29 is 14.3 Å². The van der Waals surface area contributed by atoms with E-state index in [2.05, 4.69) is 25.6 Å². The Hall–Kier alpha value is -3.53. The van der Waals surface area contributed by atoms with Gasteiger partial charge in [-0.25, -0.2) is 0 Å². The van der Waals surface area contributed by atoms with Crippen molar-refractivity contribution in [2.75, 3.05) is 36.3 Å². The van der Waals surface area contributed by atoms with Gasteiger partial charge < -0.3 is 25.8 Å². The molecule has 9 nitrogen and oxygen atoms in total. The highest BCUT2D eigenvalue weighted by molar-refractivity contribution is 8.00. The summed E-state index contributed by atoms with van der Waals surface area (Å²) < 4.78 is 10.5. The monoisotopic (exact) mass is 440 g/mol. The fraction of sp³-hybridized carbons (Fsp3) is 0.238. The van der Waals surface area contributed by atoms with E-state index in [1.807, 2.05) is 37.3 Å². The van der Waals surface area contributed by atoms with Gasteiger partial charge in [-0.05, 0) is 31.2 Å². The minimum absolute atomic E-state index is 0.112. The maximum Gasteiger partial charge on any atom is 0.234 e. The number of benzene rings is 2. The molecule has 0 unspecified atom stereocenters. The molecule has 0 fully saturated rings. The largest absolute Gasteiger partial charge is 0.497 e. The van der Waals surface area contributed by atoms with Crippen LogP contribution in [0.4, 0.5) is 23.3 Å². The third kappa shape index (κ3) is 6.22. The second kappa shape index (κ2) is 10.5. The first kappa shape index (κ1) is 22.2. The van der Waals surface area contributed by atoms with Crippen molar-refractivity contribution in [3.05, 3.63) is 54.4 Å². The van der Waals surface area contributed by atoms with E-state index < -0.39 is 0 Å². The first-order valence-electron chi connectivity index (χ1n) is 9.45. The summed E-state index contributed by atoms with van der Waals surface area (Å²) in [4.78, 5) is 25.3. The molecule has 3 rings (SSSR count). The maximum atomic E-state index is 12.5. The third-order valence-corrected chi connectivity index (χ3v) is 5.35. The van der Waals surface area contributed by atoms with E-state index in [4.69, 9.17) is 15.2 Å². The molecule has 2 aromatic carbocycles. The molecule has 31 heavy (non-hydrogen) atoms. The Balaban J connectivity index is 1.63. The number of nitrogens with two attached hydrogens (primary N) is 1. The Morgan fingerprint density at radius 3 is 2.58 bits per heavy atom. The number of amides is 1. The number of methoxy groups -OCH3 is 2. The van der Waals surface area contributed by atoms with E-state index >= 15 is 0 Å². The summed E-state index contributed by atoms with van der Waals surface area (Å²) in [7, 11) is 3.10. The van der Waals surface area contributed by atoms with Crippen molar-refractivity contribution >= 4 is 40.9 Å². The number of nitrogens with zero attached hydrogens (tertiary/aromatic N) is 3. The number of hydrogen-bond acceptors (Lipinski definition) is 9. The minimum Gasteiger partial charge on any atom is -0.497 e. The maximum absolute atomic E-state index is 12.5. The van der Waals surface area contributed by atoms with Gasteiger partial charge in [-0.2, -0.15) is 15.0 Å². The Morgan fingerprint density at radius 1 is 1.10 bits per heavy atom. The summed E-state index contributed by atoms with van der Waals surface area (Å²) >= 11 is 1.38. The highest BCUT2D eigenvalue weighted by Gasteiger charge is 2.16. The zero-order valence-electron chi connectivity index (χ0n) is 17.5. The van der Waals surface area contributed by atoms with Crippen molar-refractivity contribution in [3.8, 4) is 11.5 Å². The molecule has 10 heteroatoms. The number of nitrogens with one attached hydrogen (secondary N) is 2. The van der Waals surface area contributed by atoms with Gasteiger partial charge in [0.15, 0.2) is 0 Å². The molecule has 0 aliphatic carbocycles. The van der Waals surface area contributed by atoms with Gasteiger partial charge in [0.2, 0.25) is 17.8 Å². The van der Waals surface area contributed by atoms with Crippen LogP contribution in [0.1, 0.15) is 18.0 Å². The lowest BCUT2D eigenvalue weighted by Crippen LogP contribution is -2.16. The van der Waals surface area contributed by atoms with E-state index in [0.717, 1.165) is 5.69 Å². The molecule has 0 saturated carbocycles. The molecule has 0 aliphatic heterocycles. The number of ether oxygens (including phenoxy) is 2. The van der Waals surface area contributed by atoms with Crippen molar-refractivity contribution in [2.24, 2.45) is 0 Å². The first-order valence-corrected chi connectivity index (χ1v) is 10.5. The second-order valence-electron chi connectivity index (χ2n) is 6.43. The molecule has 3 aromatic rings. The SMILES string of the molecule is COc1ccc(OC)c(NC(=O)CS[C@@H](C)c2nc(N)nc(Nc3ccccc3)n2)c1. The standard InChI is InChI=1S/C21H24N6O3S/c1-13(19-25-20(22)27-21(26-19)23-14-7-5-4-6-8-14)31-12-18(28)24-16-11-15(29-2)9-10-17(16)30-3/h4-11,13H,12H2,1-3H3,(H,24,28)(H3,22,23,25,26,27)/t13-/m0/s1. The molecule has 4 N–H and O–H groups in total. The third-order valence-electron chi connectivity index (χ3n) is 4.21. The van der Waals surface area contributed by atoms with Crippen LogP contribution in [0.15, 0.2) is 48.5 Å². The van der Waals surface area contributed by atoms with Crippen LogP contribution in [0.5, 0.6) is 11.5 Å². The van der Waals surface area contributed by atoms with Gasteiger partial charge in [0.05, 0.1) is 30.9 Å². The van der Waals surface area contributed by atoms with Crippen molar-refractivity contribution in [1.82, 2.24) is 15.0 Å². The number of carbonyl (C=O) groups excluding carboxylic acids is 1. The summed E-state index contributed by atoms with van der Waals surface area (Å²) in [6.45, 7) is 1.91. The average Bonchev–Trinajstić information content (AvgIpc) is 2.77. The van der Waals surface area contributed by atoms with E-state index in [1.165, 1.54) is 11.8 Å². The number of aromatic nitrogens is 3. The lowest BCUT2D eigenvalue weighted by atomic mass is 10.2. The normalized spacial score (nSPS) is 11.5. The van der Waals surface area contributed by atoms with E-state index in [-0.39, 0.29) is 22.9 Å². The Kier molecular flexibility index (Phi) is 7.50. The van der Waals surface area contributed by atoms with E-state index in [0.29, 0.717) is 29.0 Å². The predicted molar refractivity (Wildman–Crippen MR) is 123 cm³/mol. The van der Waals surface area contributed by atoms with Crippen molar-refractivity contribution in [1.29, 1.82) is 0 Å². The molecule has 0 radical (unpaired) electrons. The van der Waals surface area contributed by atoms with Gasteiger partial charge in [-0.3, -0.25) is 4.79 Å². The number of hydrogen-bond donors (Lipinski definition) is 3. The lowest BCUT2D eigenvalue weighted by Gasteiger charge is -2.14.